The molecule has 0 aromatic carbocycles. The Kier molecular flexibility index (Phi) is 12.0. The van der Waals surface area contributed by atoms with E-state index in [1.807, 2.05) is 6.08 Å². The molecule has 7 heteroatoms. The van der Waals surface area contributed by atoms with E-state index >= 15 is 0 Å². The van der Waals surface area contributed by atoms with Gasteiger partial charge in [0, 0.05) is 31.5 Å². The highest BCUT2D eigenvalue weighted by Crippen LogP contribution is 2.45. The highest BCUT2D eigenvalue weighted by Gasteiger charge is 2.58. The number of hydrogen-bond donors (Lipinski definition) is 2. The molecule has 1 amide bonds. The monoisotopic (exact) mass is 483 g/mol. The molecule has 1 fully saturated rings. The van der Waals surface area contributed by atoms with E-state index in [9.17, 15) is 19.5 Å². The third-order valence-corrected chi connectivity index (χ3v) is 7.20. The van der Waals surface area contributed by atoms with Crippen molar-refractivity contribution in [1.82, 2.24) is 5.32 Å². The second kappa shape index (κ2) is 13.4. The summed E-state index contributed by atoms with van der Waals surface area (Å²) in [6.45, 7) is 8.47. The first kappa shape index (κ1) is 29.5. The Labute approximate surface area is 204 Å². The lowest BCUT2D eigenvalue weighted by molar-refractivity contribution is -0.164. The van der Waals surface area contributed by atoms with E-state index in [2.05, 4.69) is 18.3 Å². The third-order valence-electron chi connectivity index (χ3n) is 6.92. The van der Waals surface area contributed by atoms with Gasteiger partial charge in [0.05, 0.1) is 23.0 Å². The minimum absolute atomic E-state index is 0.0404. The maximum absolute atomic E-state index is 13.1. The number of ketones is 2. The molecule has 0 spiro atoms. The first-order valence-corrected chi connectivity index (χ1v) is 12.4. The SMILES string of the molecule is CCCCCC(C/C=C/CCC(=O)NC/C(=C/Cl)[C@H]1C(=O)C(C)(C)C(=O)C(C)[C@@]1(C)O)OC. The number of amides is 1. The molecule has 33 heavy (non-hydrogen) atoms. The van der Waals surface area contributed by atoms with Crippen molar-refractivity contribution in [3.05, 3.63) is 23.3 Å². The molecule has 2 unspecified atom stereocenters. The van der Waals surface area contributed by atoms with Crippen LogP contribution in [-0.4, -0.2) is 47.9 Å². The molecule has 2 N–H and O–H groups in total. The van der Waals surface area contributed by atoms with Crippen LogP contribution >= 0.6 is 11.6 Å². The number of hydrogen-bond acceptors (Lipinski definition) is 5. The Balaban J connectivity index is 2.60. The van der Waals surface area contributed by atoms with E-state index in [1.165, 1.54) is 25.3 Å². The van der Waals surface area contributed by atoms with Crippen LogP contribution in [0.2, 0.25) is 0 Å². The summed E-state index contributed by atoms with van der Waals surface area (Å²) in [6.07, 6.45) is 10.5. The molecule has 0 radical (unpaired) electrons. The van der Waals surface area contributed by atoms with Crippen LogP contribution < -0.4 is 5.32 Å². The van der Waals surface area contributed by atoms with Crippen molar-refractivity contribution in [2.75, 3.05) is 13.7 Å². The normalized spacial score (nSPS) is 26.6. The summed E-state index contributed by atoms with van der Waals surface area (Å²) in [5.74, 6) is -2.55. The van der Waals surface area contributed by atoms with Crippen molar-refractivity contribution < 1.29 is 24.2 Å². The first-order chi connectivity index (χ1) is 15.4. The van der Waals surface area contributed by atoms with Gasteiger partial charge in [-0.05, 0) is 45.6 Å². The van der Waals surface area contributed by atoms with E-state index in [0.717, 1.165) is 19.3 Å². The van der Waals surface area contributed by atoms with Gasteiger partial charge in [-0.25, -0.2) is 0 Å². The zero-order valence-corrected chi connectivity index (χ0v) is 21.8. The predicted molar refractivity (Wildman–Crippen MR) is 132 cm³/mol. The Bertz CT molecular complexity index is 741. The number of aliphatic hydroxyl groups is 1. The summed E-state index contributed by atoms with van der Waals surface area (Å²) in [4.78, 5) is 38.0. The second-order valence-corrected chi connectivity index (χ2v) is 10.0. The van der Waals surface area contributed by atoms with Gasteiger partial charge in [-0.15, -0.1) is 0 Å². The molecular formula is C26H42ClNO5. The van der Waals surface area contributed by atoms with Crippen LogP contribution in [0.5, 0.6) is 0 Å². The van der Waals surface area contributed by atoms with Crippen molar-refractivity contribution in [2.24, 2.45) is 17.3 Å². The number of Topliss-reactive ketones (excluding diaryl/α,β-unsaturated/α-hetero) is 2. The summed E-state index contributed by atoms with van der Waals surface area (Å²) >= 11 is 6.00. The summed E-state index contributed by atoms with van der Waals surface area (Å²) in [5, 5.41) is 13.8. The maximum atomic E-state index is 13.1. The maximum Gasteiger partial charge on any atom is 0.220 e. The number of rotatable bonds is 13. The minimum atomic E-state index is -1.58. The van der Waals surface area contributed by atoms with Crippen LogP contribution in [0.25, 0.3) is 0 Å². The van der Waals surface area contributed by atoms with Gasteiger partial charge < -0.3 is 15.2 Å². The third kappa shape index (κ3) is 7.76. The molecule has 1 rings (SSSR count). The number of carbonyl (C=O) groups is 3. The predicted octanol–water partition coefficient (Wildman–Crippen LogP) is 4.73. The number of methoxy groups -OCH3 is 1. The van der Waals surface area contributed by atoms with Gasteiger partial charge >= 0.3 is 0 Å². The Morgan fingerprint density at radius 2 is 1.88 bits per heavy atom. The summed E-state index contributed by atoms with van der Waals surface area (Å²) in [6, 6.07) is 0. The van der Waals surface area contributed by atoms with Crippen molar-refractivity contribution in [3.8, 4) is 0 Å². The fraction of sp³-hybridized carbons (Fsp3) is 0.731. The molecule has 4 atom stereocenters. The average Bonchev–Trinajstić information content (AvgIpc) is 2.77. The molecule has 0 aromatic rings. The Morgan fingerprint density at radius 3 is 2.45 bits per heavy atom. The van der Waals surface area contributed by atoms with E-state index in [4.69, 9.17) is 16.3 Å². The Morgan fingerprint density at radius 1 is 1.21 bits per heavy atom. The second-order valence-electron chi connectivity index (χ2n) is 9.79. The molecule has 0 saturated heterocycles. The van der Waals surface area contributed by atoms with Crippen LogP contribution in [0.3, 0.4) is 0 Å². The average molecular weight is 484 g/mol. The van der Waals surface area contributed by atoms with Crippen molar-refractivity contribution in [2.45, 2.75) is 91.3 Å². The van der Waals surface area contributed by atoms with Gasteiger partial charge in [-0.3, -0.25) is 14.4 Å². The number of unbranched alkanes of at least 4 members (excludes halogenated alkanes) is 2. The summed E-state index contributed by atoms with van der Waals surface area (Å²) in [7, 11) is 1.73. The number of halogens is 1. The zero-order valence-electron chi connectivity index (χ0n) is 21.1. The fourth-order valence-electron chi connectivity index (χ4n) is 4.37. The molecule has 1 saturated carbocycles. The van der Waals surface area contributed by atoms with E-state index in [1.54, 1.807) is 27.9 Å². The number of allylic oxidation sites excluding steroid dienone is 1. The van der Waals surface area contributed by atoms with E-state index in [0.29, 0.717) is 18.4 Å². The lowest BCUT2D eigenvalue weighted by Crippen LogP contribution is -2.61. The number of ether oxygens (including phenoxy) is 1. The van der Waals surface area contributed by atoms with Crippen LogP contribution in [0.1, 0.15) is 79.6 Å². The van der Waals surface area contributed by atoms with E-state index in [-0.39, 0.29) is 30.1 Å². The van der Waals surface area contributed by atoms with Gasteiger partial charge in [0.15, 0.2) is 11.6 Å². The molecule has 0 heterocycles. The van der Waals surface area contributed by atoms with Crippen molar-refractivity contribution in [3.63, 3.8) is 0 Å². The van der Waals surface area contributed by atoms with Gasteiger partial charge in [0.2, 0.25) is 5.91 Å². The summed E-state index contributed by atoms with van der Waals surface area (Å²) in [5.41, 5.74) is -1.16. The molecule has 0 aliphatic heterocycles. The van der Waals surface area contributed by atoms with Gasteiger partial charge in [0.25, 0.3) is 0 Å². The topological polar surface area (TPSA) is 92.7 Å². The fourth-order valence-corrected chi connectivity index (χ4v) is 4.58. The first-order valence-electron chi connectivity index (χ1n) is 12.0. The molecular weight excluding hydrogens is 442 g/mol. The molecule has 188 valence electrons. The Hall–Kier alpha value is -1.50. The van der Waals surface area contributed by atoms with Crippen LogP contribution in [0.4, 0.5) is 0 Å². The minimum Gasteiger partial charge on any atom is -0.388 e. The molecule has 1 aliphatic rings. The standard InChI is InChI=1S/C26H42ClNO5/c1-7-8-10-13-20(33-6)14-11-9-12-15-21(29)28-17-19(16-27)22-24(31)25(3,4)23(30)18(2)26(22,5)32/h9,11,16,18,20,22,32H,7-8,10,12-15,17H2,1-6H3,(H,28,29)/b11-9+,19-16-/t18?,20?,22-,26+/m0/s1. The van der Waals surface area contributed by atoms with Crippen molar-refractivity contribution in [1.29, 1.82) is 0 Å². The van der Waals surface area contributed by atoms with Crippen molar-refractivity contribution >= 4 is 29.1 Å². The van der Waals surface area contributed by atoms with Gasteiger partial charge in [-0.2, -0.15) is 0 Å². The molecule has 0 bridgehead atoms. The van der Waals surface area contributed by atoms with Crippen LogP contribution in [0, 0.1) is 17.3 Å². The largest absolute Gasteiger partial charge is 0.388 e. The highest BCUT2D eigenvalue weighted by atomic mass is 35.5. The van der Waals surface area contributed by atoms with Crippen LogP contribution in [-0.2, 0) is 19.1 Å². The van der Waals surface area contributed by atoms with Gasteiger partial charge in [-0.1, -0.05) is 56.9 Å². The van der Waals surface area contributed by atoms with Gasteiger partial charge in [0.1, 0.15) is 0 Å². The molecule has 6 nitrogen and oxygen atoms in total. The highest BCUT2D eigenvalue weighted by molar-refractivity contribution is 6.26. The lowest BCUT2D eigenvalue weighted by Gasteiger charge is -2.47. The summed E-state index contributed by atoms with van der Waals surface area (Å²) < 4.78 is 5.50. The molecule has 1 aliphatic carbocycles. The lowest BCUT2D eigenvalue weighted by atomic mass is 9.57. The smallest absolute Gasteiger partial charge is 0.220 e. The number of nitrogens with one attached hydrogen (secondary N) is 1. The van der Waals surface area contributed by atoms with E-state index < -0.39 is 22.9 Å². The van der Waals surface area contributed by atoms with Crippen LogP contribution in [0.15, 0.2) is 23.3 Å². The zero-order chi connectivity index (χ0) is 25.2. The molecule has 0 aromatic heterocycles. The quantitative estimate of drug-likeness (QED) is 0.224. The number of carbonyl (C=O) groups excluding carboxylic acids is 3.